The van der Waals surface area contributed by atoms with Crippen molar-refractivity contribution in [1.29, 1.82) is 0 Å². The number of H-pyrrole nitrogens is 1. The van der Waals surface area contributed by atoms with E-state index in [0.29, 0.717) is 18.0 Å². The van der Waals surface area contributed by atoms with Crippen LogP contribution in [-0.4, -0.2) is 35.3 Å². The van der Waals surface area contributed by atoms with Crippen molar-refractivity contribution in [3.8, 4) is 22.8 Å². The zero-order valence-corrected chi connectivity index (χ0v) is 14.4. The van der Waals surface area contributed by atoms with Gasteiger partial charge in [-0.1, -0.05) is 12.1 Å². The van der Waals surface area contributed by atoms with Crippen LogP contribution in [0.3, 0.4) is 0 Å². The van der Waals surface area contributed by atoms with E-state index in [9.17, 15) is 4.79 Å². The van der Waals surface area contributed by atoms with Gasteiger partial charge in [0.15, 0.2) is 5.82 Å². The van der Waals surface area contributed by atoms with Crippen LogP contribution >= 0.6 is 0 Å². The molecule has 7 heteroatoms. The number of methoxy groups -OCH3 is 2. The number of anilines is 1. The first-order valence-corrected chi connectivity index (χ1v) is 8.21. The van der Waals surface area contributed by atoms with Crippen molar-refractivity contribution in [2.24, 2.45) is 0 Å². The SMILES string of the molecule is COc1cccc(-c2[nH]nc3c2C(c2cncc(OC)c2)CC(=O)N3)c1. The zero-order chi connectivity index (χ0) is 18.1. The molecule has 3 aromatic rings. The van der Waals surface area contributed by atoms with Gasteiger partial charge in [0.2, 0.25) is 5.91 Å². The van der Waals surface area contributed by atoms with E-state index in [2.05, 4.69) is 20.5 Å². The molecule has 0 aliphatic carbocycles. The second-order valence-corrected chi connectivity index (χ2v) is 6.06. The van der Waals surface area contributed by atoms with Gasteiger partial charge in [0.25, 0.3) is 0 Å². The van der Waals surface area contributed by atoms with Crippen molar-refractivity contribution >= 4 is 11.7 Å². The Hall–Kier alpha value is -3.35. The van der Waals surface area contributed by atoms with Crippen LogP contribution in [-0.2, 0) is 4.79 Å². The van der Waals surface area contributed by atoms with Gasteiger partial charge in [0.05, 0.1) is 26.1 Å². The monoisotopic (exact) mass is 350 g/mol. The Morgan fingerprint density at radius 2 is 1.96 bits per heavy atom. The fourth-order valence-corrected chi connectivity index (χ4v) is 3.28. The summed E-state index contributed by atoms with van der Waals surface area (Å²) in [6, 6.07) is 9.63. The lowest BCUT2D eigenvalue weighted by molar-refractivity contribution is -0.116. The van der Waals surface area contributed by atoms with Crippen LogP contribution < -0.4 is 14.8 Å². The summed E-state index contributed by atoms with van der Waals surface area (Å²) >= 11 is 0. The molecule has 1 unspecified atom stereocenters. The van der Waals surface area contributed by atoms with Gasteiger partial charge in [-0.05, 0) is 23.8 Å². The first-order chi connectivity index (χ1) is 12.7. The number of amides is 1. The highest BCUT2D eigenvalue weighted by Crippen LogP contribution is 2.42. The van der Waals surface area contributed by atoms with E-state index in [1.54, 1.807) is 26.6 Å². The number of carbonyl (C=O) groups is 1. The number of nitrogens with one attached hydrogen (secondary N) is 2. The maximum Gasteiger partial charge on any atom is 0.226 e. The van der Waals surface area contributed by atoms with E-state index in [1.165, 1.54) is 0 Å². The minimum atomic E-state index is -0.165. The average Bonchev–Trinajstić information content (AvgIpc) is 3.11. The van der Waals surface area contributed by atoms with E-state index < -0.39 is 0 Å². The predicted molar refractivity (Wildman–Crippen MR) is 96.5 cm³/mol. The van der Waals surface area contributed by atoms with Gasteiger partial charge in [0.1, 0.15) is 11.5 Å². The molecule has 26 heavy (non-hydrogen) atoms. The van der Waals surface area contributed by atoms with Gasteiger partial charge in [-0.25, -0.2) is 0 Å². The number of rotatable bonds is 4. The van der Waals surface area contributed by atoms with Crippen LogP contribution in [0.4, 0.5) is 5.82 Å². The topological polar surface area (TPSA) is 89.1 Å². The number of carbonyl (C=O) groups excluding carboxylic acids is 1. The standard InChI is InChI=1S/C19H18N4O3/c1-25-13-5-3-4-11(6-13)18-17-15(8-16(24)21-19(17)23-22-18)12-7-14(26-2)10-20-9-12/h3-7,9-10,15H,8H2,1-2H3,(H2,21,22,23,24). The first-order valence-electron chi connectivity index (χ1n) is 8.21. The molecule has 3 heterocycles. The van der Waals surface area contributed by atoms with Crippen molar-refractivity contribution in [3.63, 3.8) is 0 Å². The highest BCUT2D eigenvalue weighted by molar-refractivity contribution is 5.96. The van der Waals surface area contributed by atoms with Crippen molar-refractivity contribution < 1.29 is 14.3 Å². The van der Waals surface area contributed by atoms with E-state index in [-0.39, 0.29) is 11.8 Å². The van der Waals surface area contributed by atoms with Gasteiger partial charge in [-0.15, -0.1) is 0 Å². The fraction of sp³-hybridized carbons (Fsp3) is 0.211. The van der Waals surface area contributed by atoms with Crippen LogP contribution in [0.1, 0.15) is 23.5 Å². The summed E-state index contributed by atoms with van der Waals surface area (Å²) in [5.41, 5.74) is 3.64. The van der Waals surface area contributed by atoms with Crippen LogP contribution in [0.15, 0.2) is 42.7 Å². The first kappa shape index (κ1) is 16.1. The summed E-state index contributed by atoms with van der Waals surface area (Å²) in [4.78, 5) is 16.4. The molecule has 4 rings (SSSR count). The smallest absolute Gasteiger partial charge is 0.226 e. The molecule has 1 amide bonds. The summed E-state index contributed by atoms with van der Waals surface area (Å²) in [7, 11) is 3.23. The molecule has 0 saturated heterocycles. The van der Waals surface area contributed by atoms with Gasteiger partial charge >= 0.3 is 0 Å². The highest BCUT2D eigenvalue weighted by atomic mass is 16.5. The third kappa shape index (κ3) is 2.77. The van der Waals surface area contributed by atoms with Crippen molar-refractivity contribution in [2.75, 3.05) is 19.5 Å². The number of aromatic nitrogens is 3. The van der Waals surface area contributed by atoms with E-state index >= 15 is 0 Å². The van der Waals surface area contributed by atoms with Crippen LogP contribution in [0, 0.1) is 0 Å². The number of pyridine rings is 1. The Morgan fingerprint density at radius 3 is 2.77 bits per heavy atom. The second-order valence-electron chi connectivity index (χ2n) is 6.06. The molecule has 0 saturated carbocycles. The molecule has 1 aliphatic rings. The highest BCUT2D eigenvalue weighted by Gasteiger charge is 2.32. The summed E-state index contributed by atoms with van der Waals surface area (Å²) in [6.07, 6.45) is 3.72. The summed E-state index contributed by atoms with van der Waals surface area (Å²) in [6.45, 7) is 0. The number of hydrogen-bond donors (Lipinski definition) is 2. The molecule has 2 N–H and O–H groups in total. The Morgan fingerprint density at radius 1 is 1.12 bits per heavy atom. The number of fused-ring (bicyclic) bond motifs is 1. The maximum absolute atomic E-state index is 12.2. The number of nitrogens with zero attached hydrogens (tertiary/aromatic N) is 2. The number of benzene rings is 1. The van der Waals surface area contributed by atoms with Gasteiger partial charge in [-0.2, -0.15) is 5.10 Å². The Balaban J connectivity index is 1.85. The van der Waals surface area contributed by atoms with Gasteiger partial charge in [0, 0.05) is 29.7 Å². The molecule has 2 aromatic heterocycles. The summed E-state index contributed by atoms with van der Waals surface area (Å²) in [5, 5.41) is 10.2. The van der Waals surface area contributed by atoms with Crippen molar-refractivity contribution in [2.45, 2.75) is 12.3 Å². The second kappa shape index (κ2) is 6.51. The summed E-state index contributed by atoms with van der Waals surface area (Å²) < 4.78 is 10.6. The Labute approximate surface area is 150 Å². The third-order valence-electron chi connectivity index (χ3n) is 4.53. The number of aromatic amines is 1. The lowest BCUT2D eigenvalue weighted by Crippen LogP contribution is -2.23. The lowest BCUT2D eigenvalue weighted by atomic mass is 9.85. The molecule has 0 bridgehead atoms. The molecule has 0 spiro atoms. The number of ether oxygens (including phenoxy) is 2. The lowest BCUT2D eigenvalue weighted by Gasteiger charge is -2.23. The van der Waals surface area contributed by atoms with Crippen LogP contribution in [0.25, 0.3) is 11.3 Å². The van der Waals surface area contributed by atoms with Crippen LogP contribution in [0.5, 0.6) is 11.5 Å². The molecule has 132 valence electrons. The largest absolute Gasteiger partial charge is 0.497 e. The van der Waals surface area contributed by atoms with Crippen LogP contribution in [0.2, 0.25) is 0 Å². The molecule has 1 aromatic carbocycles. The molecule has 1 atom stereocenters. The predicted octanol–water partition coefficient (Wildman–Crippen LogP) is 2.96. The minimum Gasteiger partial charge on any atom is -0.497 e. The molecule has 7 nitrogen and oxygen atoms in total. The van der Waals surface area contributed by atoms with Gasteiger partial charge in [-0.3, -0.25) is 14.9 Å². The molecular formula is C19H18N4O3. The van der Waals surface area contributed by atoms with Gasteiger partial charge < -0.3 is 14.8 Å². The van der Waals surface area contributed by atoms with Crippen molar-refractivity contribution in [1.82, 2.24) is 15.2 Å². The minimum absolute atomic E-state index is 0.0750. The maximum atomic E-state index is 12.2. The van der Waals surface area contributed by atoms with E-state index in [4.69, 9.17) is 9.47 Å². The molecular weight excluding hydrogens is 332 g/mol. The molecule has 0 fully saturated rings. The number of hydrogen-bond acceptors (Lipinski definition) is 5. The normalized spacial score (nSPS) is 15.9. The molecule has 0 radical (unpaired) electrons. The Kier molecular flexibility index (Phi) is 4.04. The zero-order valence-electron chi connectivity index (χ0n) is 14.4. The summed E-state index contributed by atoms with van der Waals surface area (Å²) in [5.74, 6) is 1.72. The van der Waals surface area contributed by atoms with E-state index in [1.807, 2.05) is 30.3 Å². The fourth-order valence-electron chi connectivity index (χ4n) is 3.28. The average molecular weight is 350 g/mol. The molecule has 1 aliphatic heterocycles. The third-order valence-corrected chi connectivity index (χ3v) is 4.53. The quantitative estimate of drug-likeness (QED) is 0.755. The van der Waals surface area contributed by atoms with E-state index in [0.717, 1.165) is 28.1 Å². The Bertz CT molecular complexity index is 967. The van der Waals surface area contributed by atoms with Crippen molar-refractivity contribution in [3.05, 3.63) is 53.9 Å².